The summed E-state index contributed by atoms with van der Waals surface area (Å²) >= 11 is 2.93. The fourth-order valence-electron chi connectivity index (χ4n) is 2.44. The predicted molar refractivity (Wildman–Crippen MR) is 117 cm³/mol. The lowest BCUT2D eigenvalue weighted by molar-refractivity contribution is -0.116. The first-order valence-electron chi connectivity index (χ1n) is 8.91. The summed E-state index contributed by atoms with van der Waals surface area (Å²) in [5.41, 5.74) is 2.74. The molecule has 0 aliphatic heterocycles. The molecule has 154 valence electrons. The largest absolute Gasteiger partial charge is 0.301 e. The van der Waals surface area contributed by atoms with Crippen molar-refractivity contribution in [1.82, 2.24) is 10.2 Å². The number of hydrogen-bond acceptors (Lipinski definition) is 7. The van der Waals surface area contributed by atoms with Crippen LogP contribution in [0, 0.1) is 13.8 Å². The molecular formula is C18H26N4O3S3. The summed E-state index contributed by atoms with van der Waals surface area (Å²) in [7, 11) is -3.43. The number of aromatic nitrogens is 2. The van der Waals surface area contributed by atoms with E-state index in [2.05, 4.69) is 29.4 Å². The number of carbonyl (C=O) groups is 1. The van der Waals surface area contributed by atoms with Gasteiger partial charge in [0.15, 0.2) is 4.34 Å². The van der Waals surface area contributed by atoms with Crippen LogP contribution in [0.5, 0.6) is 0 Å². The Morgan fingerprint density at radius 3 is 2.57 bits per heavy atom. The van der Waals surface area contributed by atoms with Crippen molar-refractivity contribution in [2.75, 3.05) is 22.4 Å². The van der Waals surface area contributed by atoms with Crippen LogP contribution in [-0.4, -0.2) is 42.6 Å². The SMILES string of the molecule is Cc1ccc(N(CCCC(=O)Nc2nnc(SC(C)C)s2)S(C)(=O)=O)cc1C. The van der Waals surface area contributed by atoms with Crippen molar-refractivity contribution in [2.45, 2.75) is 50.1 Å². The van der Waals surface area contributed by atoms with Gasteiger partial charge in [0, 0.05) is 18.2 Å². The summed E-state index contributed by atoms with van der Waals surface area (Å²) < 4.78 is 26.5. The van der Waals surface area contributed by atoms with E-state index in [-0.39, 0.29) is 18.9 Å². The number of thioether (sulfide) groups is 1. The lowest BCUT2D eigenvalue weighted by Crippen LogP contribution is -2.31. The Labute approximate surface area is 175 Å². The number of carbonyl (C=O) groups excluding carboxylic acids is 1. The lowest BCUT2D eigenvalue weighted by atomic mass is 10.1. The van der Waals surface area contributed by atoms with Crippen LogP contribution >= 0.6 is 23.1 Å². The fraction of sp³-hybridized carbons (Fsp3) is 0.500. The summed E-state index contributed by atoms with van der Waals surface area (Å²) in [6, 6.07) is 5.54. The number of benzene rings is 1. The van der Waals surface area contributed by atoms with Crippen molar-refractivity contribution in [1.29, 1.82) is 0 Å². The Kier molecular flexibility index (Phi) is 7.85. The molecule has 0 fully saturated rings. The minimum absolute atomic E-state index is 0.198. The highest BCUT2D eigenvalue weighted by molar-refractivity contribution is 8.01. The first-order valence-corrected chi connectivity index (χ1v) is 12.5. The second kappa shape index (κ2) is 9.71. The highest BCUT2D eigenvalue weighted by Gasteiger charge is 2.18. The van der Waals surface area contributed by atoms with Gasteiger partial charge in [-0.25, -0.2) is 8.42 Å². The van der Waals surface area contributed by atoms with Gasteiger partial charge in [-0.05, 0) is 43.5 Å². The number of hydrogen-bond donors (Lipinski definition) is 1. The molecule has 0 saturated carbocycles. The molecule has 28 heavy (non-hydrogen) atoms. The normalized spacial score (nSPS) is 11.6. The standard InChI is InChI=1S/C18H26N4O3S3/c1-12(2)26-18-21-20-17(27-18)19-16(23)7-6-10-22(28(5,24)25)15-9-8-13(3)14(4)11-15/h8-9,11-12H,6-7,10H2,1-5H3,(H,19,20,23). The highest BCUT2D eigenvalue weighted by Crippen LogP contribution is 2.28. The summed E-state index contributed by atoms with van der Waals surface area (Å²) in [5.74, 6) is -0.203. The molecule has 2 aromatic rings. The van der Waals surface area contributed by atoms with E-state index in [1.807, 2.05) is 26.0 Å². The molecule has 0 unspecified atom stereocenters. The van der Waals surface area contributed by atoms with Gasteiger partial charge < -0.3 is 5.32 Å². The van der Waals surface area contributed by atoms with Crippen LogP contribution < -0.4 is 9.62 Å². The maximum Gasteiger partial charge on any atom is 0.232 e. The van der Waals surface area contributed by atoms with E-state index >= 15 is 0 Å². The lowest BCUT2D eigenvalue weighted by Gasteiger charge is -2.23. The number of nitrogens with one attached hydrogen (secondary N) is 1. The van der Waals surface area contributed by atoms with Crippen molar-refractivity contribution in [3.8, 4) is 0 Å². The van der Waals surface area contributed by atoms with E-state index in [0.29, 0.717) is 22.5 Å². The fourth-order valence-corrected chi connectivity index (χ4v) is 5.39. The quantitative estimate of drug-likeness (QED) is 0.468. The average Bonchev–Trinajstić information content (AvgIpc) is 2.99. The van der Waals surface area contributed by atoms with Gasteiger partial charge in [0.05, 0.1) is 11.9 Å². The molecule has 0 spiro atoms. The zero-order chi connectivity index (χ0) is 20.9. The average molecular weight is 443 g/mol. The van der Waals surface area contributed by atoms with Crippen molar-refractivity contribution < 1.29 is 13.2 Å². The van der Waals surface area contributed by atoms with E-state index in [0.717, 1.165) is 15.5 Å². The van der Waals surface area contributed by atoms with Gasteiger partial charge in [0.25, 0.3) is 0 Å². The Hall–Kier alpha value is -1.65. The molecular weight excluding hydrogens is 416 g/mol. The van der Waals surface area contributed by atoms with E-state index in [1.54, 1.807) is 17.8 Å². The molecule has 1 N–H and O–H groups in total. The Morgan fingerprint density at radius 2 is 1.96 bits per heavy atom. The molecule has 0 aliphatic carbocycles. The molecule has 10 heteroatoms. The van der Waals surface area contributed by atoms with Gasteiger partial charge >= 0.3 is 0 Å². The molecule has 0 bridgehead atoms. The Bertz CT molecular complexity index is 926. The number of anilines is 2. The van der Waals surface area contributed by atoms with Gasteiger partial charge in [-0.3, -0.25) is 9.10 Å². The van der Waals surface area contributed by atoms with Crippen molar-refractivity contribution in [3.05, 3.63) is 29.3 Å². The minimum Gasteiger partial charge on any atom is -0.301 e. The molecule has 7 nitrogen and oxygen atoms in total. The summed E-state index contributed by atoms with van der Waals surface area (Å²) in [5, 5.41) is 11.6. The van der Waals surface area contributed by atoms with Gasteiger partial charge in [-0.15, -0.1) is 10.2 Å². The van der Waals surface area contributed by atoms with E-state index < -0.39 is 10.0 Å². The molecule has 0 saturated heterocycles. The maximum absolute atomic E-state index is 12.2. The third-order valence-electron chi connectivity index (χ3n) is 3.93. The molecule has 1 aromatic heterocycles. The topological polar surface area (TPSA) is 92.3 Å². The van der Waals surface area contributed by atoms with E-state index in [4.69, 9.17) is 0 Å². The monoisotopic (exact) mass is 442 g/mol. The molecule has 0 radical (unpaired) electrons. The van der Waals surface area contributed by atoms with Crippen molar-refractivity contribution >= 4 is 49.8 Å². The van der Waals surface area contributed by atoms with Crippen LogP contribution in [0.3, 0.4) is 0 Å². The van der Waals surface area contributed by atoms with Crippen molar-refractivity contribution in [2.24, 2.45) is 0 Å². The molecule has 0 atom stereocenters. The van der Waals surface area contributed by atoms with Gasteiger partial charge in [-0.1, -0.05) is 43.0 Å². The highest BCUT2D eigenvalue weighted by atomic mass is 32.2. The predicted octanol–water partition coefficient (Wildman–Crippen LogP) is 3.84. The second-order valence-corrected chi connectivity index (χ2v) is 11.5. The zero-order valence-electron chi connectivity index (χ0n) is 16.7. The maximum atomic E-state index is 12.2. The molecule has 2 rings (SSSR count). The number of aryl methyl sites for hydroxylation is 2. The minimum atomic E-state index is -3.43. The van der Waals surface area contributed by atoms with Crippen LogP contribution in [0.25, 0.3) is 0 Å². The second-order valence-electron chi connectivity index (χ2n) is 6.80. The number of nitrogens with zero attached hydrogens (tertiary/aromatic N) is 3. The van der Waals surface area contributed by atoms with E-state index in [1.165, 1.54) is 21.9 Å². The molecule has 1 aromatic carbocycles. The number of amides is 1. The third-order valence-corrected chi connectivity index (χ3v) is 7.05. The van der Waals surface area contributed by atoms with E-state index in [9.17, 15) is 13.2 Å². The third kappa shape index (κ3) is 6.75. The van der Waals surface area contributed by atoms with Crippen LogP contribution in [0.15, 0.2) is 22.5 Å². The smallest absolute Gasteiger partial charge is 0.232 e. The first-order chi connectivity index (χ1) is 13.1. The van der Waals surface area contributed by atoms with Crippen LogP contribution in [-0.2, 0) is 14.8 Å². The van der Waals surface area contributed by atoms with Gasteiger partial charge in [-0.2, -0.15) is 0 Å². The molecule has 1 amide bonds. The van der Waals surface area contributed by atoms with Crippen molar-refractivity contribution in [3.63, 3.8) is 0 Å². The number of rotatable bonds is 9. The Balaban J connectivity index is 1.93. The summed E-state index contributed by atoms with van der Waals surface area (Å²) in [6.45, 7) is 8.29. The summed E-state index contributed by atoms with van der Waals surface area (Å²) in [4.78, 5) is 12.2. The van der Waals surface area contributed by atoms with Crippen LogP contribution in [0.4, 0.5) is 10.8 Å². The van der Waals surface area contributed by atoms with Crippen LogP contribution in [0.1, 0.15) is 37.8 Å². The summed E-state index contributed by atoms with van der Waals surface area (Å²) in [6.07, 6.45) is 1.78. The zero-order valence-corrected chi connectivity index (χ0v) is 19.2. The van der Waals surface area contributed by atoms with Gasteiger partial charge in [0.1, 0.15) is 0 Å². The molecule has 1 heterocycles. The number of sulfonamides is 1. The first kappa shape index (κ1) is 22.6. The van der Waals surface area contributed by atoms with Gasteiger partial charge in [0.2, 0.25) is 21.1 Å². The molecule has 0 aliphatic rings. The Morgan fingerprint density at radius 1 is 1.25 bits per heavy atom. The van der Waals surface area contributed by atoms with Crippen LogP contribution in [0.2, 0.25) is 0 Å².